The molecule has 3 heteroatoms. The number of benzene rings is 1. The number of rotatable bonds is 3. The number of hydrogen-bond acceptors (Lipinski definition) is 2. The smallest absolute Gasteiger partial charge is 0.320 e. The van der Waals surface area contributed by atoms with Crippen LogP contribution in [0.3, 0.4) is 0 Å². The summed E-state index contributed by atoms with van der Waals surface area (Å²) in [5.74, 6) is -0.779. The van der Waals surface area contributed by atoms with E-state index in [4.69, 9.17) is 5.11 Å². The zero-order valence-corrected chi connectivity index (χ0v) is 9.44. The molecule has 0 aliphatic heterocycles. The van der Waals surface area contributed by atoms with Crippen molar-refractivity contribution in [3.05, 3.63) is 35.4 Å². The van der Waals surface area contributed by atoms with Gasteiger partial charge in [0.15, 0.2) is 0 Å². The van der Waals surface area contributed by atoms with Crippen LogP contribution in [0.4, 0.5) is 0 Å². The summed E-state index contributed by atoms with van der Waals surface area (Å²) in [6, 6.07) is 8.23. The fourth-order valence-electron chi connectivity index (χ4n) is 2.26. The minimum absolute atomic E-state index is 0.293. The lowest BCUT2D eigenvalue weighted by molar-refractivity contribution is -0.139. The predicted molar refractivity (Wildman–Crippen MR) is 62.5 cm³/mol. The number of hydrogen-bond donors (Lipinski definition) is 2. The molecular formula is C13H17NO2. The van der Waals surface area contributed by atoms with Crippen molar-refractivity contribution in [1.82, 2.24) is 5.32 Å². The number of fused-ring (bicyclic) bond motifs is 1. The van der Waals surface area contributed by atoms with Crippen LogP contribution >= 0.6 is 0 Å². The summed E-state index contributed by atoms with van der Waals surface area (Å²) < 4.78 is 0. The number of carboxylic acids is 1. The Hall–Kier alpha value is -1.35. The first-order valence-corrected chi connectivity index (χ1v) is 5.72. The van der Waals surface area contributed by atoms with E-state index < -0.39 is 12.0 Å². The minimum Gasteiger partial charge on any atom is -0.480 e. The molecule has 0 saturated heterocycles. The molecular weight excluding hydrogens is 202 g/mol. The summed E-state index contributed by atoms with van der Waals surface area (Å²) in [7, 11) is 0. The molecule has 1 aromatic rings. The molecule has 0 fully saturated rings. The summed E-state index contributed by atoms with van der Waals surface area (Å²) in [4.78, 5) is 10.8. The molecule has 86 valence electrons. The van der Waals surface area contributed by atoms with Gasteiger partial charge < -0.3 is 10.4 Å². The Balaban J connectivity index is 2.00. The Labute approximate surface area is 95.5 Å². The van der Waals surface area contributed by atoms with Crippen LogP contribution in [0.5, 0.6) is 0 Å². The third-order valence-corrected chi connectivity index (χ3v) is 3.20. The second-order valence-electron chi connectivity index (χ2n) is 4.44. The lowest BCUT2D eigenvalue weighted by Crippen LogP contribution is -2.43. The highest BCUT2D eigenvalue weighted by Gasteiger charge is 2.21. The standard InChI is InChI=1S/C13H17NO2/c1-9(13(15)16)14-12-7-6-10-4-2-3-5-11(10)8-12/h2-5,9,12,14H,6-8H2,1H3,(H,15,16). The highest BCUT2D eigenvalue weighted by molar-refractivity contribution is 5.72. The van der Waals surface area contributed by atoms with Gasteiger partial charge in [-0.15, -0.1) is 0 Å². The van der Waals surface area contributed by atoms with E-state index in [2.05, 4.69) is 23.5 Å². The van der Waals surface area contributed by atoms with E-state index in [0.29, 0.717) is 6.04 Å². The van der Waals surface area contributed by atoms with E-state index in [9.17, 15) is 4.79 Å². The molecule has 0 saturated carbocycles. The number of aliphatic carboxylic acids is 1. The number of carbonyl (C=O) groups is 1. The van der Waals surface area contributed by atoms with Gasteiger partial charge in [-0.05, 0) is 37.3 Å². The van der Waals surface area contributed by atoms with Crippen LogP contribution in [0.15, 0.2) is 24.3 Å². The van der Waals surface area contributed by atoms with E-state index >= 15 is 0 Å². The largest absolute Gasteiger partial charge is 0.480 e. The van der Waals surface area contributed by atoms with Crippen LogP contribution in [0, 0.1) is 0 Å². The lowest BCUT2D eigenvalue weighted by atomic mass is 9.88. The Bertz CT molecular complexity index is 389. The third-order valence-electron chi connectivity index (χ3n) is 3.20. The van der Waals surface area contributed by atoms with Crippen LogP contribution in [0.2, 0.25) is 0 Å². The maximum absolute atomic E-state index is 10.8. The molecule has 2 unspecified atom stereocenters. The molecule has 0 heterocycles. The molecule has 1 aromatic carbocycles. The van der Waals surface area contributed by atoms with Crippen LogP contribution in [0.25, 0.3) is 0 Å². The number of nitrogens with one attached hydrogen (secondary N) is 1. The summed E-state index contributed by atoms with van der Waals surface area (Å²) in [5, 5.41) is 12.0. The Morgan fingerprint density at radius 1 is 1.44 bits per heavy atom. The molecule has 0 amide bonds. The molecule has 2 atom stereocenters. The first-order valence-electron chi connectivity index (χ1n) is 5.72. The van der Waals surface area contributed by atoms with Crippen molar-refractivity contribution in [2.24, 2.45) is 0 Å². The van der Waals surface area contributed by atoms with E-state index in [1.54, 1.807) is 6.92 Å². The maximum Gasteiger partial charge on any atom is 0.320 e. The van der Waals surface area contributed by atoms with Crippen LogP contribution < -0.4 is 5.32 Å². The van der Waals surface area contributed by atoms with Gasteiger partial charge in [0.05, 0.1) is 0 Å². The highest BCUT2D eigenvalue weighted by atomic mass is 16.4. The van der Waals surface area contributed by atoms with Crippen molar-refractivity contribution >= 4 is 5.97 Å². The van der Waals surface area contributed by atoms with Crippen molar-refractivity contribution < 1.29 is 9.90 Å². The molecule has 0 radical (unpaired) electrons. The van der Waals surface area contributed by atoms with Gasteiger partial charge >= 0.3 is 5.97 Å². The molecule has 0 spiro atoms. The quantitative estimate of drug-likeness (QED) is 0.812. The van der Waals surface area contributed by atoms with Gasteiger partial charge in [-0.2, -0.15) is 0 Å². The van der Waals surface area contributed by atoms with E-state index in [0.717, 1.165) is 19.3 Å². The second-order valence-corrected chi connectivity index (χ2v) is 4.44. The lowest BCUT2D eigenvalue weighted by Gasteiger charge is -2.27. The average Bonchev–Trinajstić information content (AvgIpc) is 2.28. The first kappa shape index (κ1) is 11.1. The summed E-state index contributed by atoms with van der Waals surface area (Å²) in [5.41, 5.74) is 2.76. The van der Waals surface area contributed by atoms with E-state index in [-0.39, 0.29) is 0 Å². The molecule has 16 heavy (non-hydrogen) atoms. The molecule has 0 aromatic heterocycles. The summed E-state index contributed by atoms with van der Waals surface area (Å²) >= 11 is 0. The van der Waals surface area contributed by atoms with Crippen molar-refractivity contribution in [2.75, 3.05) is 0 Å². The van der Waals surface area contributed by atoms with Gasteiger partial charge in [0.25, 0.3) is 0 Å². The van der Waals surface area contributed by atoms with Crippen molar-refractivity contribution in [1.29, 1.82) is 0 Å². The predicted octanol–water partition coefficient (Wildman–Crippen LogP) is 1.61. The summed E-state index contributed by atoms with van der Waals surface area (Å²) in [6.45, 7) is 1.70. The van der Waals surface area contributed by atoms with E-state index in [1.807, 2.05) is 6.07 Å². The fourth-order valence-corrected chi connectivity index (χ4v) is 2.26. The van der Waals surface area contributed by atoms with Crippen molar-refractivity contribution in [3.8, 4) is 0 Å². The van der Waals surface area contributed by atoms with Gasteiger partial charge in [-0.25, -0.2) is 0 Å². The van der Waals surface area contributed by atoms with Gasteiger partial charge in [0, 0.05) is 6.04 Å². The maximum atomic E-state index is 10.8. The molecule has 2 rings (SSSR count). The highest BCUT2D eigenvalue weighted by Crippen LogP contribution is 2.21. The van der Waals surface area contributed by atoms with E-state index in [1.165, 1.54) is 11.1 Å². The second kappa shape index (κ2) is 4.66. The van der Waals surface area contributed by atoms with Crippen LogP contribution in [-0.2, 0) is 17.6 Å². The Morgan fingerprint density at radius 2 is 2.12 bits per heavy atom. The van der Waals surface area contributed by atoms with Gasteiger partial charge in [0.2, 0.25) is 0 Å². The zero-order valence-electron chi connectivity index (χ0n) is 9.44. The SMILES string of the molecule is CC(NC1CCc2ccccc2C1)C(=O)O. The number of carboxylic acid groups (broad SMARTS) is 1. The first-order chi connectivity index (χ1) is 7.66. The van der Waals surface area contributed by atoms with Crippen molar-refractivity contribution in [2.45, 2.75) is 38.3 Å². The molecule has 1 aliphatic carbocycles. The number of aryl methyl sites for hydroxylation is 1. The third kappa shape index (κ3) is 2.42. The molecule has 0 bridgehead atoms. The fraction of sp³-hybridized carbons (Fsp3) is 0.462. The zero-order chi connectivity index (χ0) is 11.5. The van der Waals surface area contributed by atoms with Crippen molar-refractivity contribution in [3.63, 3.8) is 0 Å². The van der Waals surface area contributed by atoms with Gasteiger partial charge in [-0.1, -0.05) is 24.3 Å². The topological polar surface area (TPSA) is 49.3 Å². The Kier molecular flexibility index (Phi) is 3.25. The monoisotopic (exact) mass is 219 g/mol. The van der Waals surface area contributed by atoms with Crippen LogP contribution in [0.1, 0.15) is 24.5 Å². The molecule has 3 nitrogen and oxygen atoms in total. The molecule has 2 N–H and O–H groups in total. The molecule has 1 aliphatic rings. The van der Waals surface area contributed by atoms with Gasteiger partial charge in [0.1, 0.15) is 6.04 Å². The van der Waals surface area contributed by atoms with Gasteiger partial charge in [-0.3, -0.25) is 4.79 Å². The summed E-state index contributed by atoms with van der Waals surface area (Å²) in [6.07, 6.45) is 3.00. The normalized spacial score (nSPS) is 21.2. The average molecular weight is 219 g/mol. The minimum atomic E-state index is -0.779. The Morgan fingerprint density at radius 3 is 2.81 bits per heavy atom. The van der Waals surface area contributed by atoms with Crippen LogP contribution in [-0.4, -0.2) is 23.2 Å².